The highest BCUT2D eigenvalue weighted by molar-refractivity contribution is 7.48. The maximum atomic E-state index is 12.6. The minimum atomic E-state index is -3.90. The molecule has 0 aliphatic heterocycles. The first-order valence-corrected chi connectivity index (χ1v) is 8.50. The van der Waals surface area contributed by atoms with Crippen LogP contribution in [0.3, 0.4) is 0 Å². The summed E-state index contributed by atoms with van der Waals surface area (Å²) < 4.78 is 33.1. The molecule has 22 heavy (non-hydrogen) atoms. The van der Waals surface area contributed by atoms with E-state index in [0.717, 1.165) is 0 Å². The Bertz CT molecular complexity index is 411. The van der Waals surface area contributed by atoms with Crippen LogP contribution in [0.2, 0.25) is 0 Å². The van der Waals surface area contributed by atoms with Crippen molar-refractivity contribution in [1.82, 2.24) is 0 Å². The lowest BCUT2D eigenvalue weighted by Gasteiger charge is -2.30. The molecule has 0 aromatic carbocycles. The number of hydrogen-bond acceptors (Lipinski definition) is 7. The fourth-order valence-corrected chi connectivity index (χ4v) is 2.92. The molecule has 0 amide bonds. The highest BCUT2D eigenvalue weighted by Crippen LogP contribution is 2.55. The Hall–Kier alpha value is -0.750. The van der Waals surface area contributed by atoms with Gasteiger partial charge in [-0.05, 0) is 48.5 Å². The van der Waals surface area contributed by atoms with Crippen LogP contribution >= 0.6 is 7.82 Å². The van der Waals surface area contributed by atoms with Crippen LogP contribution in [0.15, 0.2) is 0 Å². The molecular formula is C14H27O7P. The summed E-state index contributed by atoms with van der Waals surface area (Å²) in [7, 11) is -3.90. The molecule has 0 fully saturated rings. The number of ketones is 1. The second-order valence-electron chi connectivity index (χ2n) is 6.82. The molecule has 7 nitrogen and oxygen atoms in total. The third-order valence-corrected chi connectivity index (χ3v) is 3.85. The zero-order valence-corrected chi connectivity index (χ0v) is 15.3. The third-order valence-electron chi connectivity index (χ3n) is 1.88. The molecule has 0 spiro atoms. The largest absolute Gasteiger partial charge is 0.478 e. The van der Waals surface area contributed by atoms with Gasteiger partial charge in [-0.1, -0.05) is 0 Å². The van der Waals surface area contributed by atoms with Gasteiger partial charge < -0.3 is 9.53 Å². The van der Waals surface area contributed by atoms with E-state index in [1.807, 2.05) is 0 Å². The van der Waals surface area contributed by atoms with Crippen LogP contribution in [0.5, 0.6) is 0 Å². The van der Waals surface area contributed by atoms with E-state index >= 15 is 0 Å². The molecule has 0 N–H and O–H groups in total. The number of esters is 1. The maximum absolute atomic E-state index is 12.6. The zero-order valence-electron chi connectivity index (χ0n) is 14.4. The number of Topliss-reactive ketones (excluding diaryl/α,β-unsaturated/α-hetero) is 1. The second-order valence-corrected chi connectivity index (χ2v) is 8.34. The third kappa shape index (κ3) is 11.9. The van der Waals surface area contributed by atoms with Gasteiger partial charge in [0.15, 0.2) is 0 Å². The Morgan fingerprint density at radius 2 is 1.36 bits per heavy atom. The fourth-order valence-electron chi connectivity index (χ4n) is 1.25. The molecule has 0 rings (SSSR count). The van der Waals surface area contributed by atoms with Crippen LogP contribution in [-0.4, -0.2) is 29.7 Å². The lowest BCUT2D eigenvalue weighted by atomic mass is 10.2. The molecule has 8 heteroatoms. The van der Waals surface area contributed by atoms with Crippen LogP contribution in [-0.2, 0) is 32.5 Å². The van der Waals surface area contributed by atoms with E-state index in [4.69, 9.17) is 18.3 Å². The SMILES string of the molecule is CC(=O)CCC(=O)OCOP(=O)(OC(C)(C)C)OC(C)(C)C. The molecule has 0 aliphatic carbocycles. The van der Waals surface area contributed by atoms with Gasteiger partial charge >= 0.3 is 13.8 Å². The number of phosphoric ester groups is 1. The second kappa shape index (κ2) is 8.20. The van der Waals surface area contributed by atoms with Gasteiger partial charge in [0, 0.05) is 6.42 Å². The van der Waals surface area contributed by atoms with Gasteiger partial charge in [-0.2, -0.15) is 0 Å². The Labute approximate surface area is 132 Å². The van der Waals surface area contributed by atoms with Crippen LogP contribution in [0, 0.1) is 0 Å². The molecule has 0 heterocycles. The summed E-state index contributed by atoms with van der Waals surface area (Å²) >= 11 is 0. The molecule has 0 saturated carbocycles. The zero-order chi connectivity index (χ0) is 17.6. The first-order chi connectivity index (χ1) is 9.72. The molecule has 0 aromatic rings. The quantitative estimate of drug-likeness (QED) is 0.379. The Balaban J connectivity index is 4.57. The lowest BCUT2D eigenvalue weighted by Crippen LogP contribution is -2.25. The standard InChI is InChI=1S/C14H27O7P/c1-11(15)8-9-12(16)18-10-19-22(17,20-13(2,3)4)21-14(5,6)7/h8-10H2,1-7H3. The minimum Gasteiger partial charge on any atom is -0.438 e. The van der Waals surface area contributed by atoms with Gasteiger partial charge in [0.1, 0.15) is 5.78 Å². The highest BCUT2D eigenvalue weighted by Gasteiger charge is 2.37. The monoisotopic (exact) mass is 338 g/mol. The minimum absolute atomic E-state index is 0.0523. The van der Waals surface area contributed by atoms with E-state index in [1.54, 1.807) is 41.5 Å². The molecule has 0 atom stereocenters. The number of hydrogen-bond donors (Lipinski definition) is 0. The van der Waals surface area contributed by atoms with Gasteiger partial charge in [-0.3, -0.25) is 13.8 Å². The van der Waals surface area contributed by atoms with Gasteiger partial charge in [0.2, 0.25) is 6.79 Å². The van der Waals surface area contributed by atoms with Crippen molar-refractivity contribution in [3.05, 3.63) is 0 Å². The fraction of sp³-hybridized carbons (Fsp3) is 0.857. The van der Waals surface area contributed by atoms with Crippen LogP contribution < -0.4 is 0 Å². The average molecular weight is 338 g/mol. The van der Waals surface area contributed by atoms with E-state index in [9.17, 15) is 14.2 Å². The number of phosphoric acid groups is 1. The maximum Gasteiger partial charge on any atom is 0.478 e. The Kier molecular flexibility index (Phi) is 7.92. The van der Waals surface area contributed by atoms with Crippen LogP contribution in [0.1, 0.15) is 61.3 Å². The number of rotatable bonds is 8. The van der Waals surface area contributed by atoms with Crippen molar-refractivity contribution in [3.8, 4) is 0 Å². The van der Waals surface area contributed by atoms with Gasteiger partial charge in [-0.25, -0.2) is 9.09 Å². The van der Waals surface area contributed by atoms with E-state index in [-0.39, 0.29) is 18.6 Å². The topological polar surface area (TPSA) is 88.1 Å². The van der Waals surface area contributed by atoms with Crippen molar-refractivity contribution >= 4 is 19.6 Å². The van der Waals surface area contributed by atoms with Crippen molar-refractivity contribution in [3.63, 3.8) is 0 Å². The lowest BCUT2D eigenvalue weighted by molar-refractivity contribution is -0.152. The molecule has 0 aliphatic rings. The van der Waals surface area contributed by atoms with Crippen LogP contribution in [0.25, 0.3) is 0 Å². The summed E-state index contributed by atoms with van der Waals surface area (Å²) in [5.41, 5.74) is -1.53. The Morgan fingerprint density at radius 1 is 0.909 bits per heavy atom. The number of ether oxygens (including phenoxy) is 1. The summed E-state index contributed by atoms with van der Waals surface area (Å²) in [5, 5.41) is 0. The molecular weight excluding hydrogens is 311 g/mol. The molecule has 0 bridgehead atoms. The van der Waals surface area contributed by atoms with Crippen molar-refractivity contribution < 1.29 is 32.5 Å². The van der Waals surface area contributed by atoms with Crippen molar-refractivity contribution in [2.24, 2.45) is 0 Å². The van der Waals surface area contributed by atoms with E-state index in [2.05, 4.69) is 0 Å². The summed E-state index contributed by atoms with van der Waals surface area (Å²) in [5.74, 6) is -0.732. The smallest absolute Gasteiger partial charge is 0.438 e. The molecule has 0 unspecified atom stereocenters. The Morgan fingerprint density at radius 3 is 1.73 bits per heavy atom. The van der Waals surface area contributed by atoms with Crippen molar-refractivity contribution in [1.29, 1.82) is 0 Å². The first kappa shape index (κ1) is 21.2. The predicted molar refractivity (Wildman–Crippen MR) is 81.2 cm³/mol. The molecule has 130 valence electrons. The normalized spacial score (nSPS) is 13.0. The summed E-state index contributed by atoms with van der Waals surface area (Å²) in [6, 6.07) is 0. The van der Waals surface area contributed by atoms with Crippen LogP contribution in [0.4, 0.5) is 0 Å². The summed E-state index contributed by atoms with van der Waals surface area (Å²) in [4.78, 5) is 22.1. The summed E-state index contributed by atoms with van der Waals surface area (Å²) in [6.07, 6.45) is 0.0384. The van der Waals surface area contributed by atoms with Gasteiger partial charge in [-0.15, -0.1) is 0 Å². The van der Waals surface area contributed by atoms with Gasteiger partial charge in [0.05, 0.1) is 17.6 Å². The molecule has 0 radical (unpaired) electrons. The number of carbonyl (C=O) groups excluding carboxylic acids is 2. The predicted octanol–water partition coefficient (Wildman–Crippen LogP) is 3.61. The van der Waals surface area contributed by atoms with Crippen molar-refractivity contribution in [2.45, 2.75) is 72.5 Å². The first-order valence-electron chi connectivity index (χ1n) is 7.04. The average Bonchev–Trinajstić information content (AvgIpc) is 2.20. The number of carbonyl (C=O) groups is 2. The van der Waals surface area contributed by atoms with Crippen molar-refractivity contribution in [2.75, 3.05) is 6.79 Å². The van der Waals surface area contributed by atoms with E-state index in [1.165, 1.54) is 6.92 Å². The molecule has 0 aromatic heterocycles. The van der Waals surface area contributed by atoms with E-state index < -0.39 is 31.8 Å². The van der Waals surface area contributed by atoms with Gasteiger partial charge in [0.25, 0.3) is 0 Å². The van der Waals surface area contributed by atoms with E-state index in [0.29, 0.717) is 0 Å². The molecule has 0 saturated heterocycles. The highest BCUT2D eigenvalue weighted by atomic mass is 31.2. The summed E-state index contributed by atoms with van der Waals surface area (Å²) in [6.45, 7) is 11.0.